The number of nitrogens with zero attached hydrogens (tertiary/aromatic N) is 3. The molecule has 3 amide bonds. The Labute approximate surface area is 256 Å². The summed E-state index contributed by atoms with van der Waals surface area (Å²) in [6, 6.07) is 10.0. The fourth-order valence-electron chi connectivity index (χ4n) is 5.71. The lowest BCUT2D eigenvalue weighted by Crippen LogP contribution is -2.55. The number of ketones is 1. The van der Waals surface area contributed by atoms with Gasteiger partial charge in [0.1, 0.15) is 19.1 Å². The zero-order valence-electron chi connectivity index (χ0n) is 23.3. The molecule has 0 bridgehead atoms. The van der Waals surface area contributed by atoms with Crippen LogP contribution in [0.5, 0.6) is 0 Å². The third-order valence-corrected chi connectivity index (χ3v) is 9.69. The summed E-state index contributed by atoms with van der Waals surface area (Å²) < 4.78 is 53.6. The molecule has 2 aromatic rings. The lowest BCUT2D eigenvalue weighted by Gasteiger charge is -2.39. The third-order valence-electron chi connectivity index (χ3n) is 7.76. The van der Waals surface area contributed by atoms with E-state index in [-0.39, 0.29) is 39.4 Å². The molecule has 12 nitrogen and oxygen atoms in total. The molecule has 2 aromatic carbocycles. The van der Waals surface area contributed by atoms with Gasteiger partial charge in [0.15, 0.2) is 5.78 Å². The van der Waals surface area contributed by atoms with Crippen LogP contribution in [-0.4, -0.2) is 85.2 Å². The number of amides is 3. The quantitative estimate of drug-likeness (QED) is 0.418. The summed E-state index contributed by atoms with van der Waals surface area (Å²) in [5.41, 5.74) is -0.109. The van der Waals surface area contributed by atoms with E-state index >= 15 is 0 Å². The molecular weight excluding hydrogens is 651 g/mol. The SMILES string of the molecule is CCOC(=O)NS(=O)(=O)N1CCC[C@@H](N(Cc2ccc(F)cc2)C(=O)CN2CO[C@]3(C(=O)Cc4cc(Br)ccc43)C2=O)C1. The number of halogens is 2. The molecule has 1 N–H and O–H groups in total. The number of carbonyl (C=O) groups excluding carboxylic acids is 4. The van der Waals surface area contributed by atoms with Gasteiger partial charge in [0.25, 0.3) is 5.91 Å². The number of carbonyl (C=O) groups is 4. The van der Waals surface area contributed by atoms with Gasteiger partial charge >= 0.3 is 16.3 Å². The van der Waals surface area contributed by atoms with E-state index in [9.17, 15) is 32.0 Å². The van der Waals surface area contributed by atoms with Gasteiger partial charge in [-0.2, -0.15) is 12.7 Å². The van der Waals surface area contributed by atoms with E-state index in [1.54, 1.807) is 25.1 Å². The number of hydrogen-bond donors (Lipinski definition) is 1. The molecule has 1 spiro atoms. The highest BCUT2D eigenvalue weighted by Gasteiger charge is 2.59. The van der Waals surface area contributed by atoms with Crippen molar-refractivity contribution in [3.8, 4) is 0 Å². The summed E-state index contributed by atoms with van der Waals surface area (Å²) in [7, 11) is -4.26. The molecule has 43 heavy (non-hydrogen) atoms. The highest BCUT2D eigenvalue weighted by molar-refractivity contribution is 9.10. The maximum absolute atomic E-state index is 13.9. The van der Waals surface area contributed by atoms with Crippen molar-refractivity contribution in [2.45, 2.75) is 44.4 Å². The van der Waals surface area contributed by atoms with E-state index in [1.165, 1.54) is 34.1 Å². The smallest absolute Gasteiger partial charge is 0.421 e. The molecule has 0 aromatic heterocycles. The second kappa shape index (κ2) is 12.3. The van der Waals surface area contributed by atoms with Crippen LogP contribution in [0.4, 0.5) is 9.18 Å². The second-order valence-electron chi connectivity index (χ2n) is 10.5. The molecule has 2 fully saturated rings. The van der Waals surface area contributed by atoms with Crippen molar-refractivity contribution < 1.29 is 41.5 Å². The van der Waals surface area contributed by atoms with Gasteiger partial charge in [-0.05, 0) is 55.2 Å². The first-order valence-electron chi connectivity index (χ1n) is 13.7. The van der Waals surface area contributed by atoms with E-state index < -0.39 is 57.9 Å². The zero-order valence-corrected chi connectivity index (χ0v) is 25.7. The maximum Gasteiger partial charge on any atom is 0.421 e. The molecule has 1 aliphatic carbocycles. The van der Waals surface area contributed by atoms with Crippen molar-refractivity contribution in [3.05, 3.63) is 69.4 Å². The van der Waals surface area contributed by atoms with Crippen molar-refractivity contribution in [1.82, 2.24) is 18.8 Å². The minimum atomic E-state index is -4.26. The van der Waals surface area contributed by atoms with Crippen molar-refractivity contribution in [3.63, 3.8) is 0 Å². The minimum Gasteiger partial charge on any atom is -0.449 e. The number of rotatable bonds is 8. The van der Waals surface area contributed by atoms with Gasteiger partial charge in [-0.15, -0.1) is 0 Å². The second-order valence-corrected chi connectivity index (χ2v) is 13.1. The van der Waals surface area contributed by atoms with Crippen LogP contribution in [0.25, 0.3) is 0 Å². The zero-order chi connectivity index (χ0) is 30.9. The van der Waals surface area contributed by atoms with Gasteiger partial charge in [0.2, 0.25) is 11.5 Å². The molecule has 230 valence electrons. The van der Waals surface area contributed by atoms with Crippen LogP contribution in [0.15, 0.2) is 46.9 Å². The van der Waals surface area contributed by atoms with E-state index in [0.29, 0.717) is 29.5 Å². The number of benzene rings is 2. The minimum absolute atomic E-state index is 0.00674. The summed E-state index contributed by atoms with van der Waals surface area (Å²) in [6.45, 7) is 0.807. The topological polar surface area (TPSA) is 143 Å². The predicted octanol–water partition coefficient (Wildman–Crippen LogP) is 2.21. The Bertz CT molecular complexity index is 1560. The van der Waals surface area contributed by atoms with E-state index in [4.69, 9.17) is 9.47 Å². The van der Waals surface area contributed by atoms with Crippen LogP contribution in [0, 0.1) is 5.82 Å². The molecule has 15 heteroatoms. The normalized spacial score (nSPS) is 22.1. The summed E-state index contributed by atoms with van der Waals surface area (Å²) >= 11 is 3.37. The fraction of sp³-hybridized carbons (Fsp3) is 0.429. The number of piperidine rings is 1. The lowest BCUT2D eigenvalue weighted by molar-refractivity contribution is -0.149. The van der Waals surface area contributed by atoms with Crippen LogP contribution < -0.4 is 4.72 Å². The van der Waals surface area contributed by atoms with Crippen LogP contribution in [-0.2, 0) is 52.6 Å². The van der Waals surface area contributed by atoms with Gasteiger partial charge in [-0.25, -0.2) is 13.9 Å². The number of nitrogens with one attached hydrogen (secondary N) is 1. The van der Waals surface area contributed by atoms with Gasteiger partial charge in [-0.3, -0.25) is 14.4 Å². The molecular formula is C28H30BrFN4O8S. The highest BCUT2D eigenvalue weighted by atomic mass is 79.9. The molecule has 3 aliphatic rings. The maximum atomic E-state index is 13.9. The molecule has 2 aliphatic heterocycles. The van der Waals surface area contributed by atoms with Gasteiger partial charge < -0.3 is 19.3 Å². The molecule has 5 rings (SSSR count). The molecule has 0 unspecified atom stereocenters. The lowest BCUT2D eigenvalue weighted by atomic mass is 9.94. The largest absolute Gasteiger partial charge is 0.449 e. The Morgan fingerprint density at radius 2 is 1.95 bits per heavy atom. The van der Waals surface area contributed by atoms with Crippen LogP contribution >= 0.6 is 15.9 Å². The summed E-state index contributed by atoms with van der Waals surface area (Å²) in [5, 5.41) is 0. The van der Waals surface area contributed by atoms with Crippen molar-refractivity contribution in [1.29, 1.82) is 0 Å². The first-order chi connectivity index (χ1) is 20.4. The summed E-state index contributed by atoms with van der Waals surface area (Å²) in [4.78, 5) is 55.1. The Hall–Kier alpha value is -3.40. The Morgan fingerprint density at radius 3 is 2.67 bits per heavy atom. The van der Waals surface area contributed by atoms with Crippen LogP contribution in [0.2, 0.25) is 0 Å². The standard InChI is InChI=1S/C28H30BrFN4O8S/c1-2-41-27(38)31-43(39,40)33-11-3-4-22(15-33)34(14-18-5-8-21(30)9-6-18)25(36)16-32-17-42-28(26(32)37)23-10-7-20(29)12-19(23)13-24(28)35/h5-10,12,22H,2-4,11,13-17H2,1H3,(H,31,38)/t22-,28-/m1/s1. The van der Waals surface area contributed by atoms with E-state index in [0.717, 1.165) is 8.78 Å². The summed E-state index contributed by atoms with van der Waals surface area (Å²) in [6.07, 6.45) is -0.267. The van der Waals surface area contributed by atoms with Crippen LogP contribution in [0.1, 0.15) is 36.5 Å². The molecule has 0 saturated carbocycles. The first kappa shape index (κ1) is 31.0. The number of Topliss-reactive ketones (excluding diaryl/α,β-unsaturated/α-hetero) is 1. The Balaban J connectivity index is 1.37. The third kappa shape index (κ3) is 6.16. The Morgan fingerprint density at radius 1 is 1.21 bits per heavy atom. The summed E-state index contributed by atoms with van der Waals surface area (Å²) in [5.74, 6) is -2.02. The Kier molecular flexibility index (Phi) is 8.88. The average molecular weight is 682 g/mol. The van der Waals surface area contributed by atoms with E-state index in [2.05, 4.69) is 15.9 Å². The first-order valence-corrected chi connectivity index (χ1v) is 15.9. The molecule has 2 atom stereocenters. The predicted molar refractivity (Wildman–Crippen MR) is 153 cm³/mol. The monoisotopic (exact) mass is 680 g/mol. The van der Waals surface area contributed by atoms with E-state index in [1.807, 2.05) is 4.72 Å². The van der Waals surface area contributed by atoms with Crippen molar-refractivity contribution >= 4 is 49.8 Å². The number of ether oxygens (including phenoxy) is 2. The number of fused-ring (bicyclic) bond motifs is 2. The number of hydrogen-bond acceptors (Lipinski definition) is 8. The van der Waals surface area contributed by atoms with Gasteiger partial charge in [0, 0.05) is 42.1 Å². The van der Waals surface area contributed by atoms with Gasteiger partial charge in [-0.1, -0.05) is 34.1 Å². The average Bonchev–Trinajstić information content (AvgIpc) is 3.43. The molecule has 2 heterocycles. The van der Waals surface area contributed by atoms with Crippen molar-refractivity contribution in [2.75, 3.05) is 33.0 Å². The van der Waals surface area contributed by atoms with Crippen LogP contribution in [0.3, 0.4) is 0 Å². The highest BCUT2D eigenvalue weighted by Crippen LogP contribution is 2.43. The molecule has 0 radical (unpaired) electrons. The van der Waals surface area contributed by atoms with Gasteiger partial charge in [0.05, 0.1) is 6.61 Å². The van der Waals surface area contributed by atoms with Crippen molar-refractivity contribution in [2.24, 2.45) is 0 Å². The molecule has 2 saturated heterocycles. The fourth-order valence-corrected chi connectivity index (χ4v) is 7.26.